The molecule has 72 valence electrons. The molecule has 4 heteroatoms. The maximum atomic E-state index is 5.24. The van der Waals surface area contributed by atoms with E-state index in [0.717, 1.165) is 39.4 Å². The second-order valence-electron chi connectivity index (χ2n) is 3.31. The molecule has 0 aromatic carbocycles. The van der Waals surface area contributed by atoms with E-state index in [1.54, 1.807) is 0 Å². The molecular weight excluding hydrogens is 154 g/mol. The molecule has 0 aromatic rings. The van der Waals surface area contributed by atoms with Crippen molar-refractivity contribution in [2.75, 3.05) is 53.5 Å². The highest BCUT2D eigenvalue weighted by Crippen LogP contribution is 1.91. The molecule has 0 atom stereocenters. The molecule has 0 aromatic heterocycles. The predicted molar refractivity (Wildman–Crippen MR) is 48.9 cm³/mol. The summed E-state index contributed by atoms with van der Waals surface area (Å²) in [6, 6.07) is 0. The Labute approximate surface area is 74.4 Å². The minimum atomic E-state index is 0.856. The fourth-order valence-electron chi connectivity index (χ4n) is 1.15. The van der Waals surface area contributed by atoms with E-state index in [4.69, 9.17) is 4.74 Å². The van der Waals surface area contributed by atoms with E-state index in [-0.39, 0.29) is 0 Å². The lowest BCUT2D eigenvalue weighted by Crippen LogP contribution is -2.47. The van der Waals surface area contributed by atoms with Crippen molar-refractivity contribution in [3.05, 3.63) is 0 Å². The molecule has 4 nitrogen and oxygen atoms in total. The van der Waals surface area contributed by atoms with Crippen LogP contribution in [0.1, 0.15) is 0 Å². The van der Waals surface area contributed by atoms with Gasteiger partial charge in [0.1, 0.15) is 0 Å². The van der Waals surface area contributed by atoms with E-state index in [1.807, 2.05) is 0 Å². The van der Waals surface area contributed by atoms with Crippen LogP contribution in [0.5, 0.6) is 0 Å². The molecule has 0 saturated carbocycles. The Kier molecular flexibility index (Phi) is 4.53. The highest BCUT2D eigenvalue weighted by atomic mass is 16.5. The lowest BCUT2D eigenvalue weighted by Gasteiger charge is -2.27. The van der Waals surface area contributed by atoms with Gasteiger partial charge in [-0.1, -0.05) is 0 Å². The second kappa shape index (κ2) is 5.48. The smallest absolute Gasteiger partial charge is 0.0608 e. The SMILES string of the molecule is CN(C)CCNN1CCOCC1. The quantitative estimate of drug-likeness (QED) is 0.613. The van der Waals surface area contributed by atoms with Gasteiger partial charge in [0.2, 0.25) is 0 Å². The second-order valence-corrected chi connectivity index (χ2v) is 3.31. The molecule has 1 saturated heterocycles. The van der Waals surface area contributed by atoms with Crippen molar-refractivity contribution >= 4 is 0 Å². The molecule has 0 amide bonds. The van der Waals surface area contributed by atoms with E-state index < -0.39 is 0 Å². The van der Waals surface area contributed by atoms with Gasteiger partial charge in [-0.25, -0.2) is 5.01 Å². The molecule has 0 unspecified atom stereocenters. The summed E-state index contributed by atoms with van der Waals surface area (Å²) < 4.78 is 5.24. The summed E-state index contributed by atoms with van der Waals surface area (Å²) in [4.78, 5) is 2.17. The number of likely N-dealkylation sites (N-methyl/N-ethyl adjacent to an activating group) is 1. The monoisotopic (exact) mass is 173 g/mol. The van der Waals surface area contributed by atoms with Crippen molar-refractivity contribution in [2.45, 2.75) is 0 Å². The van der Waals surface area contributed by atoms with E-state index in [1.165, 1.54) is 0 Å². The highest BCUT2D eigenvalue weighted by Gasteiger charge is 2.08. The number of ether oxygens (including phenoxy) is 1. The van der Waals surface area contributed by atoms with Gasteiger partial charge < -0.3 is 9.64 Å². The molecule has 1 aliphatic heterocycles. The molecule has 1 fully saturated rings. The van der Waals surface area contributed by atoms with E-state index in [9.17, 15) is 0 Å². The maximum absolute atomic E-state index is 5.24. The zero-order valence-electron chi connectivity index (χ0n) is 8.05. The van der Waals surface area contributed by atoms with E-state index >= 15 is 0 Å². The number of hydrogen-bond donors (Lipinski definition) is 1. The zero-order valence-corrected chi connectivity index (χ0v) is 8.05. The average Bonchev–Trinajstić information content (AvgIpc) is 2.05. The normalized spacial score (nSPS) is 20.2. The zero-order chi connectivity index (χ0) is 8.81. The molecule has 12 heavy (non-hydrogen) atoms. The van der Waals surface area contributed by atoms with E-state index in [0.29, 0.717) is 0 Å². The summed E-state index contributed by atoms with van der Waals surface area (Å²) in [6.07, 6.45) is 0. The fourth-order valence-corrected chi connectivity index (χ4v) is 1.15. The topological polar surface area (TPSA) is 27.7 Å². The number of hydrazine groups is 1. The Morgan fingerprint density at radius 2 is 2.00 bits per heavy atom. The largest absolute Gasteiger partial charge is 0.379 e. The third-order valence-corrected chi connectivity index (χ3v) is 1.91. The Morgan fingerprint density at radius 1 is 1.33 bits per heavy atom. The van der Waals surface area contributed by atoms with Crippen molar-refractivity contribution in [1.82, 2.24) is 15.3 Å². The first-order valence-electron chi connectivity index (χ1n) is 4.50. The molecular formula is C8H19N3O. The Morgan fingerprint density at radius 3 is 2.58 bits per heavy atom. The predicted octanol–water partition coefficient (Wildman–Crippen LogP) is -0.615. The summed E-state index contributed by atoms with van der Waals surface area (Å²) in [5.74, 6) is 0. The van der Waals surface area contributed by atoms with Crippen LogP contribution in [0.2, 0.25) is 0 Å². The first kappa shape index (κ1) is 9.92. The summed E-state index contributed by atoms with van der Waals surface area (Å²) in [5.41, 5.74) is 3.36. The molecule has 0 aliphatic carbocycles. The summed E-state index contributed by atoms with van der Waals surface area (Å²) in [7, 11) is 4.17. The maximum Gasteiger partial charge on any atom is 0.0608 e. The molecule has 0 radical (unpaired) electrons. The van der Waals surface area contributed by atoms with Gasteiger partial charge in [-0.3, -0.25) is 5.43 Å². The summed E-state index contributed by atoms with van der Waals surface area (Å²) in [6.45, 7) is 5.83. The third-order valence-electron chi connectivity index (χ3n) is 1.91. The van der Waals surface area contributed by atoms with Crippen LogP contribution >= 0.6 is 0 Å². The molecule has 1 aliphatic rings. The van der Waals surface area contributed by atoms with Gasteiger partial charge >= 0.3 is 0 Å². The van der Waals surface area contributed by atoms with Crippen LogP contribution in [0.4, 0.5) is 0 Å². The van der Waals surface area contributed by atoms with Gasteiger partial charge in [0, 0.05) is 26.2 Å². The lowest BCUT2D eigenvalue weighted by molar-refractivity contribution is 0.0112. The van der Waals surface area contributed by atoms with Crippen LogP contribution in [0, 0.1) is 0 Å². The van der Waals surface area contributed by atoms with Crippen LogP contribution in [0.15, 0.2) is 0 Å². The van der Waals surface area contributed by atoms with Crippen LogP contribution in [0.3, 0.4) is 0 Å². The lowest BCUT2D eigenvalue weighted by atomic mass is 10.5. The van der Waals surface area contributed by atoms with Gasteiger partial charge in [0.05, 0.1) is 13.2 Å². The first-order valence-corrected chi connectivity index (χ1v) is 4.50. The molecule has 0 spiro atoms. The molecule has 0 bridgehead atoms. The number of nitrogens with zero attached hydrogens (tertiary/aromatic N) is 2. The Bertz CT molecular complexity index is 113. The van der Waals surface area contributed by atoms with Crippen molar-refractivity contribution in [3.8, 4) is 0 Å². The van der Waals surface area contributed by atoms with Crippen LogP contribution < -0.4 is 5.43 Å². The molecule has 1 heterocycles. The minimum absolute atomic E-state index is 0.856. The Hall–Kier alpha value is -0.160. The van der Waals surface area contributed by atoms with Gasteiger partial charge in [-0.2, -0.15) is 0 Å². The van der Waals surface area contributed by atoms with Gasteiger partial charge in [-0.15, -0.1) is 0 Å². The van der Waals surface area contributed by atoms with Crippen molar-refractivity contribution in [3.63, 3.8) is 0 Å². The van der Waals surface area contributed by atoms with Crippen molar-refractivity contribution < 1.29 is 4.74 Å². The van der Waals surface area contributed by atoms with Gasteiger partial charge in [0.15, 0.2) is 0 Å². The average molecular weight is 173 g/mol. The standard InChI is InChI=1S/C8H19N3O/c1-10(2)4-3-9-11-5-7-12-8-6-11/h9H,3-8H2,1-2H3. The van der Waals surface area contributed by atoms with Crippen molar-refractivity contribution in [2.24, 2.45) is 0 Å². The first-order chi connectivity index (χ1) is 5.79. The molecule has 1 rings (SSSR count). The number of nitrogens with one attached hydrogen (secondary N) is 1. The molecule has 1 N–H and O–H groups in total. The Balaban J connectivity index is 1.98. The highest BCUT2D eigenvalue weighted by molar-refractivity contribution is 4.57. The number of hydrogen-bond acceptors (Lipinski definition) is 4. The van der Waals surface area contributed by atoms with Gasteiger partial charge in [-0.05, 0) is 14.1 Å². The number of rotatable bonds is 4. The van der Waals surface area contributed by atoms with Crippen LogP contribution in [-0.4, -0.2) is 63.4 Å². The number of morpholine rings is 1. The third kappa shape index (κ3) is 4.01. The minimum Gasteiger partial charge on any atom is -0.379 e. The summed E-state index contributed by atoms with van der Waals surface area (Å²) in [5, 5.41) is 2.23. The van der Waals surface area contributed by atoms with Crippen LogP contribution in [0.25, 0.3) is 0 Å². The van der Waals surface area contributed by atoms with Gasteiger partial charge in [0.25, 0.3) is 0 Å². The summed E-state index contributed by atoms with van der Waals surface area (Å²) >= 11 is 0. The van der Waals surface area contributed by atoms with Crippen molar-refractivity contribution in [1.29, 1.82) is 0 Å². The fraction of sp³-hybridized carbons (Fsp3) is 1.00. The van der Waals surface area contributed by atoms with E-state index in [2.05, 4.69) is 29.4 Å². The van der Waals surface area contributed by atoms with Crippen LogP contribution in [-0.2, 0) is 4.74 Å².